The molecule has 0 spiro atoms. The molecule has 2 heterocycles. The van der Waals surface area contributed by atoms with E-state index < -0.39 is 0 Å². The van der Waals surface area contributed by atoms with Gasteiger partial charge in [0.05, 0.1) is 19.3 Å². The van der Waals surface area contributed by atoms with Gasteiger partial charge in [0.15, 0.2) is 0 Å². The van der Waals surface area contributed by atoms with Crippen molar-refractivity contribution in [3.05, 3.63) is 0 Å². The highest BCUT2D eigenvalue weighted by molar-refractivity contribution is 4.87. The molecule has 2 unspecified atom stereocenters. The third kappa shape index (κ3) is 3.19. The van der Waals surface area contributed by atoms with Crippen molar-refractivity contribution in [3.63, 3.8) is 0 Å². The smallest absolute Gasteiger partial charge is 0.0557 e. The van der Waals surface area contributed by atoms with E-state index in [0.717, 1.165) is 45.5 Å². The predicted octanol–water partition coefficient (Wildman–Crippen LogP) is 0.478. The fraction of sp³-hybridized carbons (Fsp3) is 1.00. The van der Waals surface area contributed by atoms with Crippen LogP contribution in [0.1, 0.15) is 26.2 Å². The van der Waals surface area contributed by atoms with Crippen LogP contribution in [-0.4, -0.2) is 60.7 Å². The normalized spacial score (nSPS) is 34.1. The first-order valence-electron chi connectivity index (χ1n) is 6.74. The van der Waals surface area contributed by atoms with Gasteiger partial charge < -0.3 is 19.8 Å². The van der Waals surface area contributed by atoms with Crippen molar-refractivity contribution in [3.8, 4) is 0 Å². The molecule has 0 aromatic heterocycles. The number of piperidine rings is 1. The Balaban J connectivity index is 1.81. The van der Waals surface area contributed by atoms with Crippen LogP contribution in [0.2, 0.25) is 0 Å². The SMILES string of the molecule is CC(O)C1CCN(CC2(CO)CCOC2)CC1. The number of hydrogen-bond acceptors (Lipinski definition) is 4. The van der Waals surface area contributed by atoms with E-state index in [9.17, 15) is 10.2 Å². The van der Waals surface area contributed by atoms with Gasteiger partial charge in [-0.05, 0) is 45.2 Å². The molecule has 0 amide bonds. The lowest BCUT2D eigenvalue weighted by Crippen LogP contribution is -2.45. The van der Waals surface area contributed by atoms with Gasteiger partial charge in [-0.2, -0.15) is 0 Å². The van der Waals surface area contributed by atoms with Gasteiger partial charge >= 0.3 is 0 Å². The van der Waals surface area contributed by atoms with Gasteiger partial charge in [-0.15, -0.1) is 0 Å². The molecule has 2 N–H and O–H groups in total. The van der Waals surface area contributed by atoms with E-state index in [1.165, 1.54) is 0 Å². The van der Waals surface area contributed by atoms with Gasteiger partial charge in [0, 0.05) is 18.6 Å². The van der Waals surface area contributed by atoms with Crippen LogP contribution in [0, 0.1) is 11.3 Å². The van der Waals surface area contributed by atoms with Gasteiger partial charge in [-0.1, -0.05) is 0 Å². The second-order valence-electron chi connectivity index (χ2n) is 5.81. The quantitative estimate of drug-likeness (QED) is 0.754. The molecule has 0 saturated carbocycles. The highest BCUT2D eigenvalue weighted by atomic mass is 16.5. The number of hydrogen-bond donors (Lipinski definition) is 2. The Hall–Kier alpha value is -0.160. The molecule has 2 atom stereocenters. The Morgan fingerprint density at radius 2 is 2.12 bits per heavy atom. The van der Waals surface area contributed by atoms with Crippen LogP contribution in [0.15, 0.2) is 0 Å². The molecule has 0 aromatic carbocycles. The Morgan fingerprint density at radius 1 is 1.41 bits per heavy atom. The zero-order chi connectivity index (χ0) is 12.3. The lowest BCUT2D eigenvalue weighted by molar-refractivity contribution is 0.0259. The molecular weight excluding hydrogens is 218 g/mol. The summed E-state index contributed by atoms with van der Waals surface area (Å²) in [5, 5.41) is 19.1. The second-order valence-corrected chi connectivity index (χ2v) is 5.81. The maximum Gasteiger partial charge on any atom is 0.0557 e. The standard InChI is InChI=1S/C13H25NO3/c1-11(16)12-2-5-14(6-3-12)8-13(9-15)4-7-17-10-13/h11-12,15-16H,2-10H2,1H3. The summed E-state index contributed by atoms with van der Waals surface area (Å²) < 4.78 is 5.43. The maximum atomic E-state index is 9.57. The van der Waals surface area contributed by atoms with Crippen molar-refractivity contribution >= 4 is 0 Å². The van der Waals surface area contributed by atoms with Crippen molar-refractivity contribution in [2.75, 3.05) is 39.5 Å². The number of rotatable bonds is 4. The second kappa shape index (κ2) is 5.65. The van der Waals surface area contributed by atoms with E-state index in [0.29, 0.717) is 12.5 Å². The van der Waals surface area contributed by atoms with Crippen LogP contribution >= 0.6 is 0 Å². The van der Waals surface area contributed by atoms with E-state index >= 15 is 0 Å². The first kappa shape index (κ1) is 13.3. The lowest BCUT2D eigenvalue weighted by Gasteiger charge is -2.38. The van der Waals surface area contributed by atoms with Crippen molar-refractivity contribution in [1.82, 2.24) is 4.90 Å². The highest BCUT2D eigenvalue weighted by Crippen LogP contribution is 2.31. The zero-order valence-electron chi connectivity index (χ0n) is 10.8. The van der Waals surface area contributed by atoms with Crippen molar-refractivity contribution < 1.29 is 14.9 Å². The molecule has 2 rings (SSSR count). The molecule has 4 heteroatoms. The first-order chi connectivity index (χ1) is 8.15. The summed E-state index contributed by atoms with van der Waals surface area (Å²) in [6.45, 7) is 6.61. The minimum atomic E-state index is -0.182. The summed E-state index contributed by atoms with van der Waals surface area (Å²) in [6.07, 6.45) is 2.93. The molecular formula is C13H25NO3. The van der Waals surface area contributed by atoms with Gasteiger partial charge in [-0.25, -0.2) is 0 Å². The van der Waals surface area contributed by atoms with Crippen LogP contribution < -0.4 is 0 Å². The van der Waals surface area contributed by atoms with Crippen LogP contribution in [-0.2, 0) is 4.74 Å². The number of likely N-dealkylation sites (tertiary alicyclic amines) is 1. The zero-order valence-corrected chi connectivity index (χ0v) is 10.8. The Bertz CT molecular complexity index is 231. The fourth-order valence-corrected chi connectivity index (χ4v) is 3.02. The topological polar surface area (TPSA) is 52.9 Å². The molecule has 0 radical (unpaired) electrons. The average Bonchev–Trinajstić information content (AvgIpc) is 2.79. The monoisotopic (exact) mass is 243 g/mol. The van der Waals surface area contributed by atoms with Crippen LogP contribution in [0.5, 0.6) is 0 Å². The van der Waals surface area contributed by atoms with Crippen molar-refractivity contribution in [1.29, 1.82) is 0 Å². The van der Waals surface area contributed by atoms with Gasteiger partial charge in [0.1, 0.15) is 0 Å². The number of ether oxygens (including phenoxy) is 1. The third-order valence-electron chi connectivity index (χ3n) is 4.39. The fourth-order valence-electron chi connectivity index (χ4n) is 3.02. The van der Waals surface area contributed by atoms with Crippen molar-refractivity contribution in [2.45, 2.75) is 32.3 Å². The summed E-state index contributed by atoms with van der Waals surface area (Å²) in [6, 6.07) is 0. The summed E-state index contributed by atoms with van der Waals surface area (Å²) in [7, 11) is 0. The molecule has 0 bridgehead atoms. The van der Waals surface area contributed by atoms with E-state index in [1.54, 1.807) is 0 Å². The first-order valence-corrected chi connectivity index (χ1v) is 6.74. The molecule has 17 heavy (non-hydrogen) atoms. The molecule has 2 fully saturated rings. The van der Waals surface area contributed by atoms with Gasteiger partial charge in [0.25, 0.3) is 0 Å². The van der Waals surface area contributed by atoms with E-state index in [2.05, 4.69) is 4.90 Å². The number of aliphatic hydroxyl groups excluding tert-OH is 2. The Kier molecular flexibility index (Phi) is 4.42. The predicted molar refractivity (Wildman–Crippen MR) is 65.8 cm³/mol. The third-order valence-corrected chi connectivity index (χ3v) is 4.39. The van der Waals surface area contributed by atoms with Crippen LogP contribution in [0.3, 0.4) is 0 Å². The van der Waals surface area contributed by atoms with Crippen LogP contribution in [0.4, 0.5) is 0 Å². The van der Waals surface area contributed by atoms with E-state index in [1.807, 2.05) is 6.92 Å². The van der Waals surface area contributed by atoms with Crippen molar-refractivity contribution in [2.24, 2.45) is 11.3 Å². The maximum absolute atomic E-state index is 9.57. The summed E-state index contributed by atoms with van der Waals surface area (Å²) in [4.78, 5) is 2.42. The molecule has 2 saturated heterocycles. The molecule has 2 aliphatic rings. The van der Waals surface area contributed by atoms with E-state index in [-0.39, 0.29) is 18.1 Å². The summed E-state index contributed by atoms with van der Waals surface area (Å²) >= 11 is 0. The van der Waals surface area contributed by atoms with Gasteiger partial charge in [0.2, 0.25) is 0 Å². The molecule has 4 nitrogen and oxygen atoms in total. The minimum Gasteiger partial charge on any atom is -0.396 e. The largest absolute Gasteiger partial charge is 0.396 e. The Labute approximate surface area is 104 Å². The average molecular weight is 243 g/mol. The van der Waals surface area contributed by atoms with E-state index in [4.69, 9.17) is 4.74 Å². The number of aliphatic hydroxyl groups is 2. The Morgan fingerprint density at radius 3 is 2.59 bits per heavy atom. The summed E-state index contributed by atoms with van der Waals surface area (Å²) in [5.74, 6) is 0.455. The van der Waals surface area contributed by atoms with Gasteiger partial charge in [-0.3, -0.25) is 0 Å². The summed E-state index contributed by atoms with van der Waals surface area (Å²) in [5.41, 5.74) is -0.0301. The highest BCUT2D eigenvalue weighted by Gasteiger charge is 2.37. The lowest BCUT2D eigenvalue weighted by atomic mass is 9.85. The van der Waals surface area contributed by atoms with Crippen LogP contribution in [0.25, 0.3) is 0 Å². The molecule has 2 aliphatic heterocycles. The minimum absolute atomic E-state index is 0.0301. The molecule has 0 aromatic rings. The molecule has 0 aliphatic carbocycles. The molecule has 100 valence electrons. The number of nitrogens with zero attached hydrogens (tertiary/aromatic N) is 1.